The molecule has 0 aliphatic heterocycles. The number of nitrogens with one attached hydrogen (secondary N) is 2. The second kappa shape index (κ2) is 11.6. The summed E-state index contributed by atoms with van der Waals surface area (Å²) < 4.78 is 11.4. The van der Waals surface area contributed by atoms with E-state index in [0.717, 1.165) is 0 Å². The molecule has 3 aromatic carbocycles. The van der Waals surface area contributed by atoms with Gasteiger partial charge in [-0.25, -0.2) is 0 Å². The van der Waals surface area contributed by atoms with Crippen LogP contribution in [0.25, 0.3) is 0 Å². The van der Waals surface area contributed by atoms with E-state index < -0.39 is 12.2 Å². The first-order valence-electron chi connectivity index (χ1n) is 11.1. The third-order valence-electron chi connectivity index (χ3n) is 5.16. The summed E-state index contributed by atoms with van der Waals surface area (Å²) in [6.07, 6.45) is -1.42. The fourth-order valence-electron chi connectivity index (χ4n) is 3.10. The number of rotatable bonds is 9. The van der Waals surface area contributed by atoms with Crippen molar-refractivity contribution in [2.45, 2.75) is 45.8 Å². The third-order valence-corrected chi connectivity index (χ3v) is 5.47. The maximum atomic E-state index is 12.5. The van der Waals surface area contributed by atoms with Crippen molar-refractivity contribution in [3.05, 3.63) is 83.4 Å². The van der Waals surface area contributed by atoms with E-state index in [0.29, 0.717) is 33.8 Å². The Labute approximate surface area is 205 Å². The van der Waals surface area contributed by atoms with Gasteiger partial charge in [-0.2, -0.15) is 0 Å². The highest BCUT2D eigenvalue weighted by atomic mass is 35.5. The molecule has 0 radical (unpaired) electrons. The molecule has 0 spiro atoms. The summed E-state index contributed by atoms with van der Waals surface area (Å²) in [5, 5.41) is 6.04. The molecule has 0 fully saturated rings. The highest BCUT2D eigenvalue weighted by Crippen LogP contribution is 2.25. The van der Waals surface area contributed by atoms with Crippen LogP contribution in [-0.4, -0.2) is 24.0 Å². The van der Waals surface area contributed by atoms with Crippen LogP contribution in [0.1, 0.15) is 39.2 Å². The number of amides is 2. The van der Waals surface area contributed by atoms with Gasteiger partial charge in [-0.05, 0) is 73.9 Å². The van der Waals surface area contributed by atoms with Crippen molar-refractivity contribution in [2.75, 3.05) is 10.6 Å². The van der Waals surface area contributed by atoms with Gasteiger partial charge in [-0.15, -0.1) is 0 Å². The van der Waals surface area contributed by atoms with Gasteiger partial charge in [0, 0.05) is 11.4 Å². The van der Waals surface area contributed by atoms with Gasteiger partial charge in [-0.1, -0.05) is 49.7 Å². The molecule has 0 aromatic heterocycles. The molecule has 3 rings (SSSR count). The number of carbonyl (C=O) groups excluding carboxylic acids is 2. The van der Waals surface area contributed by atoms with Crippen molar-refractivity contribution < 1.29 is 19.1 Å². The van der Waals surface area contributed by atoms with E-state index in [1.807, 2.05) is 24.3 Å². The minimum Gasteiger partial charge on any atom is -0.481 e. The smallest absolute Gasteiger partial charge is 0.265 e. The molecule has 2 unspecified atom stereocenters. The summed E-state index contributed by atoms with van der Waals surface area (Å²) in [5.41, 5.74) is 2.38. The Balaban J connectivity index is 1.51. The molecular weight excluding hydrogens is 452 g/mol. The molecule has 0 bridgehead atoms. The summed E-state index contributed by atoms with van der Waals surface area (Å²) in [7, 11) is 0. The lowest BCUT2D eigenvalue weighted by atomic mass is 10.0. The Morgan fingerprint density at radius 3 is 1.71 bits per heavy atom. The fourth-order valence-corrected chi connectivity index (χ4v) is 3.28. The Morgan fingerprint density at radius 1 is 0.706 bits per heavy atom. The SMILES string of the molecule is CC(Oc1ccc(C(C)C)cc1)C(=O)Nc1ccc(NC(=O)C(C)Oc2ccccc2Cl)cc1. The summed E-state index contributed by atoms with van der Waals surface area (Å²) in [6.45, 7) is 7.58. The van der Waals surface area contributed by atoms with Crippen LogP contribution < -0.4 is 20.1 Å². The summed E-state index contributed by atoms with van der Waals surface area (Å²) in [6, 6.07) is 21.5. The number of hydrogen-bond donors (Lipinski definition) is 2. The van der Waals surface area contributed by atoms with E-state index in [-0.39, 0.29) is 11.8 Å². The van der Waals surface area contributed by atoms with Gasteiger partial charge in [0.25, 0.3) is 11.8 Å². The van der Waals surface area contributed by atoms with Crippen LogP contribution >= 0.6 is 11.6 Å². The van der Waals surface area contributed by atoms with Gasteiger partial charge in [0.15, 0.2) is 12.2 Å². The number of benzene rings is 3. The van der Waals surface area contributed by atoms with E-state index in [2.05, 4.69) is 24.5 Å². The number of anilines is 2. The van der Waals surface area contributed by atoms with Crippen LogP contribution in [-0.2, 0) is 9.59 Å². The number of hydrogen-bond acceptors (Lipinski definition) is 4. The van der Waals surface area contributed by atoms with Crippen molar-refractivity contribution in [2.24, 2.45) is 0 Å². The second-order valence-electron chi connectivity index (χ2n) is 8.23. The molecule has 3 aromatic rings. The molecule has 0 heterocycles. The van der Waals surface area contributed by atoms with Crippen LogP contribution in [0.15, 0.2) is 72.8 Å². The molecule has 7 heteroatoms. The van der Waals surface area contributed by atoms with Crippen LogP contribution in [0.3, 0.4) is 0 Å². The quantitative estimate of drug-likeness (QED) is 0.378. The van der Waals surface area contributed by atoms with Gasteiger partial charge >= 0.3 is 0 Å². The Kier molecular flexibility index (Phi) is 8.55. The first kappa shape index (κ1) is 25.1. The minimum atomic E-state index is -0.744. The van der Waals surface area contributed by atoms with Crippen molar-refractivity contribution in [1.29, 1.82) is 0 Å². The van der Waals surface area contributed by atoms with Gasteiger partial charge in [0.1, 0.15) is 11.5 Å². The summed E-state index contributed by atoms with van der Waals surface area (Å²) >= 11 is 6.08. The van der Waals surface area contributed by atoms with Gasteiger partial charge in [0.05, 0.1) is 5.02 Å². The minimum absolute atomic E-state index is 0.272. The average Bonchev–Trinajstić information content (AvgIpc) is 2.82. The van der Waals surface area contributed by atoms with Crippen LogP contribution in [0.5, 0.6) is 11.5 Å². The first-order valence-corrected chi connectivity index (χ1v) is 11.5. The van der Waals surface area contributed by atoms with E-state index in [4.69, 9.17) is 21.1 Å². The average molecular weight is 481 g/mol. The lowest BCUT2D eigenvalue weighted by Crippen LogP contribution is -2.30. The predicted octanol–water partition coefficient (Wildman–Crippen LogP) is 6.28. The van der Waals surface area contributed by atoms with Crippen LogP contribution in [0.4, 0.5) is 11.4 Å². The number of halogens is 1. The number of ether oxygens (including phenoxy) is 2. The maximum Gasteiger partial charge on any atom is 0.265 e. The first-order chi connectivity index (χ1) is 16.2. The van der Waals surface area contributed by atoms with E-state index in [9.17, 15) is 9.59 Å². The van der Waals surface area contributed by atoms with Crippen molar-refractivity contribution in [3.8, 4) is 11.5 Å². The molecule has 0 saturated carbocycles. The molecule has 34 heavy (non-hydrogen) atoms. The molecule has 0 aliphatic carbocycles. The van der Waals surface area contributed by atoms with E-state index in [1.54, 1.807) is 62.4 Å². The highest BCUT2D eigenvalue weighted by molar-refractivity contribution is 6.32. The van der Waals surface area contributed by atoms with Gasteiger partial charge in [-0.3, -0.25) is 9.59 Å². The van der Waals surface area contributed by atoms with Gasteiger partial charge < -0.3 is 20.1 Å². The molecule has 2 amide bonds. The molecule has 2 N–H and O–H groups in total. The van der Waals surface area contributed by atoms with Crippen molar-refractivity contribution in [1.82, 2.24) is 0 Å². The maximum absolute atomic E-state index is 12.5. The largest absolute Gasteiger partial charge is 0.481 e. The summed E-state index contributed by atoms with van der Waals surface area (Å²) in [4.78, 5) is 25.0. The van der Waals surface area contributed by atoms with Crippen LogP contribution in [0.2, 0.25) is 5.02 Å². The Bertz CT molecular complexity index is 1110. The van der Waals surface area contributed by atoms with Gasteiger partial charge in [0.2, 0.25) is 0 Å². The number of para-hydroxylation sites is 1. The lowest BCUT2D eigenvalue weighted by Gasteiger charge is -2.17. The zero-order valence-corrected chi connectivity index (χ0v) is 20.4. The molecule has 0 aliphatic rings. The van der Waals surface area contributed by atoms with E-state index >= 15 is 0 Å². The predicted molar refractivity (Wildman–Crippen MR) is 136 cm³/mol. The van der Waals surface area contributed by atoms with Crippen molar-refractivity contribution in [3.63, 3.8) is 0 Å². The monoisotopic (exact) mass is 480 g/mol. The normalized spacial score (nSPS) is 12.5. The van der Waals surface area contributed by atoms with Crippen LogP contribution in [0, 0.1) is 0 Å². The third kappa shape index (κ3) is 6.99. The zero-order valence-electron chi connectivity index (χ0n) is 19.7. The highest BCUT2D eigenvalue weighted by Gasteiger charge is 2.17. The molecule has 0 saturated heterocycles. The standard InChI is InChI=1S/C27H29ClN2O4/c1-17(2)20-9-15-23(16-10-20)33-18(3)26(31)29-21-11-13-22(14-12-21)30-27(32)19(4)34-25-8-6-5-7-24(25)28/h5-19H,1-4H3,(H,29,31)(H,30,32). The Morgan fingerprint density at radius 2 is 1.21 bits per heavy atom. The Hall–Kier alpha value is -3.51. The van der Waals surface area contributed by atoms with Crippen molar-refractivity contribution >= 4 is 34.8 Å². The molecular formula is C27H29ClN2O4. The zero-order chi connectivity index (χ0) is 24.7. The molecule has 6 nitrogen and oxygen atoms in total. The number of carbonyl (C=O) groups is 2. The topological polar surface area (TPSA) is 76.7 Å². The molecule has 178 valence electrons. The summed E-state index contributed by atoms with van der Waals surface area (Å²) in [5.74, 6) is 0.921. The fraction of sp³-hybridized carbons (Fsp3) is 0.259. The molecule has 2 atom stereocenters. The second-order valence-corrected chi connectivity index (χ2v) is 8.64. The van der Waals surface area contributed by atoms with E-state index in [1.165, 1.54) is 5.56 Å². The lowest BCUT2D eigenvalue weighted by molar-refractivity contribution is -0.122.